The van der Waals surface area contributed by atoms with Gasteiger partial charge in [-0.1, -0.05) is 31.2 Å². The van der Waals surface area contributed by atoms with Gasteiger partial charge in [0.2, 0.25) is 21.8 Å². The Morgan fingerprint density at radius 1 is 1.02 bits per heavy atom. The molecule has 6 rings (SSSR count). The van der Waals surface area contributed by atoms with Crippen LogP contribution < -0.4 is 14.4 Å². The number of rotatable bonds is 11. The number of sulfonamides is 1. The Morgan fingerprint density at radius 3 is 2.15 bits per heavy atom. The third-order valence-corrected chi connectivity index (χ3v) is 10.7. The molecule has 0 radical (unpaired) electrons. The van der Waals surface area contributed by atoms with Gasteiger partial charge >= 0.3 is 0 Å². The van der Waals surface area contributed by atoms with Gasteiger partial charge in [0.05, 0.1) is 19.1 Å². The lowest BCUT2D eigenvalue weighted by Gasteiger charge is -2.57. The maximum Gasteiger partial charge on any atom is 0.244 e. The molecule has 0 heterocycles. The number of hydrogen-bond acceptors (Lipinski definition) is 5. The summed E-state index contributed by atoms with van der Waals surface area (Å²) in [7, 11) is -0.676. The Kier molecular flexibility index (Phi) is 8.37. The van der Waals surface area contributed by atoms with Crippen LogP contribution in [0.5, 0.6) is 5.75 Å². The van der Waals surface area contributed by atoms with Crippen molar-refractivity contribution in [1.82, 2.24) is 10.2 Å². The number of amides is 2. The monoisotopic (exact) mass is 581 g/mol. The summed E-state index contributed by atoms with van der Waals surface area (Å²) in [5.41, 5.74) is 2.74. The molecule has 4 fully saturated rings. The Morgan fingerprint density at radius 2 is 1.63 bits per heavy atom. The van der Waals surface area contributed by atoms with Crippen molar-refractivity contribution in [2.75, 3.05) is 31.3 Å². The summed E-state index contributed by atoms with van der Waals surface area (Å²) in [6.07, 6.45) is 9.27. The number of likely N-dealkylation sites (N-methyl/N-ethyl adjacent to an activating group) is 1. The van der Waals surface area contributed by atoms with Gasteiger partial charge in [0.15, 0.2) is 0 Å². The predicted molar refractivity (Wildman–Crippen MR) is 160 cm³/mol. The molecule has 4 aliphatic rings. The number of anilines is 1. The van der Waals surface area contributed by atoms with Crippen molar-refractivity contribution in [3.8, 4) is 5.75 Å². The fraction of sp³-hybridized carbons (Fsp3) is 0.562. The van der Waals surface area contributed by atoms with E-state index in [9.17, 15) is 18.0 Å². The van der Waals surface area contributed by atoms with Gasteiger partial charge in [-0.15, -0.1) is 0 Å². The van der Waals surface area contributed by atoms with Gasteiger partial charge in [0.1, 0.15) is 18.3 Å². The molecule has 0 aliphatic heterocycles. The standard InChI is InChI=1S/C32H43N3O5S/c1-5-29(31(37)33-2)34(20-22-7-6-8-28(16-22)40-3)30(36)21-35(41(4,38)39)27-11-9-26(10-12-27)32-17-23-13-24(18-32)15-25(14-23)19-32/h6-12,16,23-25,29H,5,13-15,17-21H2,1-4H3,(H,33,37)/t23?,24?,25?,29-,32?/m1/s1. The molecule has 4 aliphatic carbocycles. The maximum atomic E-state index is 13.9. The minimum atomic E-state index is -3.78. The molecule has 2 amide bonds. The van der Waals surface area contributed by atoms with Crippen molar-refractivity contribution in [3.63, 3.8) is 0 Å². The Hall–Kier alpha value is -3.07. The summed E-state index contributed by atoms with van der Waals surface area (Å²) < 4.78 is 32.6. The Bertz CT molecular complexity index is 1340. The third-order valence-electron chi connectivity index (χ3n) is 9.60. The topological polar surface area (TPSA) is 96.0 Å². The zero-order chi connectivity index (χ0) is 29.4. The lowest BCUT2D eigenvalue weighted by molar-refractivity contribution is -0.140. The summed E-state index contributed by atoms with van der Waals surface area (Å²) in [5, 5.41) is 2.65. The minimum Gasteiger partial charge on any atom is -0.497 e. The molecule has 222 valence electrons. The first-order chi connectivity index (χ1) is 19.5. The van der Waals surface area contributed by atoms with Crippen LogP contribution in [0.4, 0.5) is 5.69 Å². The van der Waals surface area contributed by atoms with Crippen molar-refractivity contribution in [3.05, 3.63) is 59.7 Å². The molecule has 8 nitrogen and oxygen atoms in total. The fourth-order valence-electron chi connectivity index (χ4n) is 8.11. The maximum absolute atomic E-state index is 13.9. The number of nitrogens with zero attached hydrogens (tertiary/aromatic N) is 2. The van der Waals surface area contributed by atoms with Crippen molar-refractivity contribution >= 4 is 27.5 Å². The lowest BCUT2D eigenvalue weighted by atomic mass is 9.48. The summed E-state index contributed by atoms with van der Waals surface area (Å²) >= 11 is 0. The predicted octanol–water partition coefficient (Wildman–Crippen LogP) is 4.48. The molecule has 41 heavy (non-hydrogen) atoms. The number of nitrogens with one attached hydrogen (secondary N) is 1. The van der Waals surface area contributed by atoms with Crippen LogP contribution in [-0.2, 0) is 31.6 Å². The summed E-state index contributed by atoms with van der Waals surface area (Å²) in [6, 6.07) is 14.4. The molecule has 2 aromatic carbocycles. The van der Waals surface area contributed by atoms with Crippen molar-refractivity contribution in [2.45, 2.75) is 69.9 Å². The first kappa shape index (κ1) is 29.4. The van der Waals surface area contributed by atoms with Crippen LogP contribution in [0.2, 0.25) is 0 Å². The molecule has 2 aromatic rings. The molecule has 1 atom stereocenters. The molecule has 9 heteroatoms. The molecule has 0 spiro atoms. The zero-order valence-electron chi connectivity index (χ0n) is 24.6. The van der Waals surface area contributed by atoms with E-state index in [2.05, 4.69) is 17.4 Å². The van der Waals surface area contributed by atoms with Crippen molar-refractivity contribution in [2.24, 2.45) is 17.8 Å². The molecule has 4 saturated carbocycles. The van der Waals surface area contributed by atoms with Crippen molar-refractivity contribution < 1.29 is 22.7 Å². The second kappa shape index (κ2) is 11.7. The highest BCUT2D eigenvalue weighted by Gasteiger charge is 2.51. The quantitative estimate of drug-likeness (QED) is 0.422. The van der Waals surface area contributed by atoms with Crippen LogP contribution in [0.3, 0.4) is 0 Å². The van der Waals surface area contributed by atoms with E-state index in [1.54, 1.807) is 7.11 Å². The molecule has 0 saturated heterocycles. The van der Waals surface area contributed by atoms with E-state index in [4.69, 9.17) is 4.74 Å². The number of hydrogen-bond donors (Lipinski definition) is 1. The molecule has 0 unspecified atom stereocenters. The number of methoxy groups -OCH3 is 1. The second-order valence-corrected chi connectivity index (χ2v) is 14.3. The van der Waals surface area contributed by atoms with E-state index in [1.807, 2.05) is 43.3 Å². The molecule has 4 bridgehead atoms. The number of ether oxygens (including phenoxy) is 1. The van der Waals surface area contributed by atoms with Gasteiger partial charge < -0.3 is 15.0 Å². The van der Waals surface area contributed by atoms with E-state index in [0.29, 0.717) is 17.9 Å². The van der Waals surface area contributed by atoms with E-state index in [1.165, 1.54) is 56.0 Å². The first-order valence-electron chi connectivity index (χ1n) is 14.8. The summed E-state index contributed by atoms with van der Waals surface area (Å²) in [4.78, 5) is 28.1. The number of carbonyl (C=O) groups excluding carboxylic acids is 2. The van der Waals surface area contributed by atoms with E-state index < -0.39 is 28.5 Å². The van der Waals surface area contributed by atoms with Gasteiger partial charge in [0.25, 0.3) is 0 Å². The van der Waals surface area contributed by atoms with Gasteiger partial charge in [0, 0.05) is 13.6 Å². The highest BCUT2D eigenvalue weighted by atomic mass is 32.2. The second-order valence-electron chi connectivity index (χ2n) is 12.4. The van der Waals surface area contributed by atoms with Gasteiger partial charge in [-0.25, -0.2) is 8.42 Å². The Labute approximate surface area is 244 Å². The normalized spacial score (nSPS) is 25.4. The molecular formula is C32H43N3O5S. The molecular weight excluding hydrogens is 538 g/mol. The van der Waals surface area contributed by atoms with Crippen LogP contribution >= 0.6 is 0 Å². The average Bonchev–Trinajstić information content (AvgIpc) is 2.94. The number of carbonyl (C=O) groups is 2. The van der Waals surface area contributed by atoms with Crippen LogP contribution in [0.25, 0.3) is 0 Å². The van der Waals surface area contributed by atoms with Gasteiger partial charge in [-0.3, -0.25) is 13.9 Å². The van der Waals surface area contributed by atoms with E-state index in [0.717, 1.165) is 33.9 Å². The zero-order valence-corrected chi connectivity index (χ0v) is 25.5. The van der Waals surface area contributed by atoms with Crippen LogP contribution in [0.15, 0.2) is 48.5 Å². The summed E-state index contributed by atoms with van der Waals surface area (Å²) in [5.74, 6) is 2.34. The van der Waals surface area contributed by atoms with Crippen LogP contribution in [0.1, 0.15) is 63.0 Å². The SMILES string of the molecule is CC[C@H](C(=O)NC)N(Cc1cccc(OC)c1)C(=O)CN(c1ccc(C23CC4CC(CC(C4)C2)C3)cc1)S(C)(=O)=O. The highest BCUT2D eigenvalue weighted by molar-refractivity contribution is 7.92. The van der Waals surface area contributed by atoms with Gasteiger partial charge in [-0.05, 0) is 104 Å². The van der Waals surface area contributed by atoms with Crippen LogP contribution in [0, 0.1) is 17.8 Å². The highest BCUT2D eigenvalue weighted by Crippen LogP contribution is 2.60. The fourth-order valence-corrected chi connectivity index (χ4v) is 8.96. The molecule has 0 aromatic heterocycles. The smallest absolute Gasteiger partial charge is 0.244 e. The van der Waals surface area contributed by atoms with Crippen LogP contribution in [-0.4, -0.2) is 58.1 Å². The summed E-state index contributed by atoms with van der Waals surface area (Å²) in [6.45, 7) is 1.58. The minimum absolute atomic E-state index is 0.143. The Balaban J connectivity index is 1.40. The van der Waals surface area contributed by atoms with E-state index in [-0.39, 0.29) is 17.9 Å². The third kappa shape index (κ3) is 6.10. The van der Waals surface area contributed by atoms with Crippen molar-refractivity contribution in [1.29, 1.82) is 0 Å². The van der Waals surface area contributed by atoms with Gasteiger partial charge in [-0.2, -0.15) is 0 Å². The number of benzene rings is 2. The lowest BCUT2D eigenvalue weighted by Crippen LogP contribution is -2.51. The largest absolute Gasteiger partial charge is 0.497 e. The average molecular weight is 582 g/mol. The van der Waals surface area contributed by atoms with E-state index >= 15 is 0 Å². The first-order valence-corrected chi connectivity index (χ1v) is 16.6. The molecule has 1 N–H and O–H groups in total.